The predicted molar refractivity (Wildman–Crippen MR) is 94.1 cm³/mol. The minimum Gasteiger partial charge on any atom is -0.352 e. The zero-order valence-electron chi connectivity index (χ0n) is 16.0. The van der Waals surface area contributed by atoms with Crippen molar-refractivity contribution in [1.29, 1.82) is 0 Å². The summed E-state index contributed by atoms with van der Waals surface area (Å²) in [5, 5.41) is 0.505. The molecule has 0 spiro atoms. The van der Waals surface area contributed by atoms with Gasteiger partial charge < -0.3 is 9.44 Å². The molecule has 1 rings (SSSR count). The third kappa shape index (κ3) is 3.27. The molecule has 0 saturated carbocycles. The highest BCUT2D eigenvalue weighted by Crippen LogP contribution is 2.51. The van der Waals surface area contributed by atoms with E-state index in [1.54, 1.807) is 0 Å². The molecule has 0 aromatic rings. The quantitative estimate of drug-likeness (QED) is 0.588. The molecule has 0 bridgehead atoms. The van der Waals surface area contributed by atoms with Crippen molar-refractivity contribution in [2.45, 2.75) is 105 Å². The van der Waals surface area contributed by atoms with E-state index in [0.717, 1.165) is 0 Å². The van der Waals surface area contributed by atoms with Gasteiger partial charge in [0.05, 0.1) is 0 Å². The zero-order valence-corrected chi connectivity index (χ0v) is 16.0. The molecule has 0 unspecified atom stereocenters. The second-order valence-electron chi connectivity index (χ2n) is 10.6. The van der Waals surface area contributed by atoms with Gasteiger partial charge in [0.25, 0.3) is 14.0 Å². The first-order valence-corrected chi connectivity index (χ1v) is 8.06. The summed E-state index contributed by atoms with van der Waals surface area (Å²) >= 11 is 0. The first-order chi connectivity index (χ1) is 8.49. The smallest absolute Gasteiger partial charge is 0.296 e. The molecule has 0 aromatic heterocycles. The van der Waals surface area contributed by atoms with E-state index >= 15 is 0 Å². The molecule has 0 aliphatic carbocycles. The lowest BCUT2D eigenvalue weighted by Crippen LogP contribution is -2.88. The SMILES string of the molecule is CC(C)(C)B1N(C(C)(C)C)B(C(C)(C)C)N1C(C)(C)C. The van der Waals surface area contributed by atoms with Crippen molar-refractivity contribution in [2.75, 3.05) is 0 Å². The van der Waals surface area contributed by atoms with Gasteiger partial charge in [0.2, 0.25) is 0 Å². The van der Waals surface area contributed by atoms with E-state index in [2.05, 4.69) is 92.5 Å². The van der Waals surface area contributed by atoms with Crippen molar-refractivity contribution in [3.63, 3.8) is 0 Å². The Bertz CT molecular complexity index is 273. The van der Waals surface area contributed by atoms with Crippen LogP contribution in [0.5, 0.6) is 0 Å². The summed E-state index contributed by atoms with van der Waals surface area (Å²) in [6, 6.07) is 0. The molecule has 1 fully saturated rings. The maximum absolute atomic E-state index is 2.73. The highest BCUT2D eigenvalue weighted by Gasteiger charge is 2.65. The highest BCUT2D eigenvalue weighted by molar-refractivity contribution is 6.88. The van der Waals surface area contributed by atoms with Gasteiger partial charge in [0.15, 0.2) is 0 Å². The Labute approximate surface area is 128 Å². The average Bonchev–Trinajstić information content (AvgIpc) is 1.86. The first kappa shape index (κ1) is 18.1. The second-order valence-corrected chi connectivity index (χ2v) is 10.6. The topological polar surface area (TPSA) is 6.48 Å². The van der Waals surface area contributed by atoms with Crippen molar-refractivity contribution in [3.8, 4) is 0 Å². The van der Waals surface area contributed by atoms with Crippen molar-refractivity contribution < 1.29 is 0 Å². The van der Waals surface area contributed by atoms with Gasteiger partial charge in [0.1, 0.15) is 0 Å². The third-order valence-electron chi connectivity index (χ3n) is 4.15. The Kier molecular flexibility index (Phi) is 4.32. The lowest BCUT2D eigenvalue weighted by atomic mass is 9.25. The van der Waals surface area contributed by atoms with E-state index < -0.39 is 0 Å². The molecule has 0 radical (unpaired) electrons. The van der Waals surface area contributed by atoms with Crippen LogP contribution < -0.4 is 0 Å². The molecule has 1 heterocycles. The Morgan fingerprint density at radius 3 is 0.750 bits per heavy atom. The Hall–Kier alpha value is 0.0499. The molecule has 0 amide bonds. The fourth-order valence-electron chi connectivity index (χ4n) is 3.60. The summed E-state index contributed by atoms with van der Waals surface area (Å²) in [5.74, 6) is 0. The van der Waals surface area contributed by atoms with Crippen LogP contribution in [0.25, 0.3) is 0 Å². The van der Waals surface area contributed by atoms with Crippen LogP contribution in [-0.4, -0.2) is 34.5 Å². The zero-order chi connectivity index (χ0) is 16.3. The van der Waals surface area contributed by atoms with Crippen molar-refractivity contribution in [2.24, 2.45) is 0 Å². The van der Waals surface area contributed by atoms with E-state index in [-0.39, 0.29) is 21.7 Å². The number of rotatable bonds is 0. The van der Waals surface area contributed by atoms with E-state index in [1.807, 2.05) is 0 Å². The summed E-state index contributed by atoms with van der Waals surface area (Å²) < 4.78 is 5.47. The molecule has 0 atom stereocenters. The summed E-state index contributed by atoms with van der Waals surface area (Å²) in [4.78, 5) is 0. The Morgan fingerprint density at radius 2 is 0.650 bits per heavy atom. The summed E-state index contributed by atoms with van der Waals surface area (Å²) in [7, 11) is 0. The van der Waals surface area contributed by atoms with Crippen LogP contribution in [0.2, 0.25) is 10.6 Å². The van der Waals surface area contributed by atoms with Gasteiger partial charge in [-0.3, -0.25) is 0 Å². The predicted octanol–water partition coefficient (Wildman–Crippen LogP) is 4.78. The highest BCUT2D eigenvalue weighted by atomic mass is 15.4. The number of hydrogen-bond acceptors (Lipinski definition) is 2. The summed E-state index contributed by atoms with van der Waals surface area (Å²) in [5.41, 5.74) is 0.384. The third-order valence-corrected chi connectivity index (χ3v) is 4.15. The van der Waals surface area contributed by atoms with Crippen molar-refractivity contribution in [1.82, 2.24) is 9.44 Å². The van der Waals surface area contributed by atoms with Gasteiger partial charge in [-0.2, -0.15) is 0 Å². The lowest BCUT2D eigenvalue weighted by molar-refractivity contribution is 0.192. The Morgan fingerprint density at radius 1 is 0.450 bits per heavy atom. The van der Waals surface area contributed by atoms with Crippen LogP contribution in [0.15, 0.2) is 0 Å². The number of nitrogens with zero attached hydrogens (tertiary/aromatic N) is 2. The summed E-state index contributed by atoms with van der Waals surface area (Å²) in [6.45, 7) is 29.3. The standard InChI is InChI=1S/C16H36B2N2/c1-13(2,3)17-19(15(7,8)9)18(14(4,5)6)20(17)16(10,11)12/h1-12H3. The van der Waals surface area contributed by atoms with Crippen LogP contribution in [0.4, 0.5) is 0 Å². The molecule has 1 saturated heterocycles. The average molecular weight is 278 g/mol. The van der Waals surface area contributed by atoms with E-state index in [4.69, 9.17) is 0 Å². The maximum Gasteiger partial charge on any atom is 0.296 e. The van der Waals surface area contributed by atoms with Gasteiger partial charge in [-0.1, -0.05) is 41.5 Å². The normalized spacial score (nSPS) is 20.4. The van der Waals surface area contributed by atoms with Gasteiger partial charge in [0, 0.05) is 0 Å². The van der Waals surface area contributed by atoms with Crippen LogP contribution in [-0.2, 0) is 0 Å². The van der Waals surface area contributed by atoms with Crippen LogP contribution in [0, 0.1) is 0 Å². The molecule has 116 valence electrons. The Balaban J connectivity index is 3.33. The van der Waals surface area contributed by atoms with E-state index in [9.17, 15) is 0 Å². The lowest BCUT2D eigenvalue weighted by Gasteiger charge is -2.70. The molecule has 1 aliphatic rings. The molecule has 0 N–H and O–H groups in total. The molecule has 1 aliphatic heterocycles. The van der Waals surface area contributed by atoms with Gasteiger partial charge in [-0.05, 0) is 63.2 Å². The first-order valence-electron chi connectivity index (χ1n) is 8.06. The van der Waals surface area contributed by atoms with Crippen LogP contribution in [0.1, 0.15) is 83.1 Å². The van der Waals surface area contributed by atoms with Gasteiger partial charge in [-0.25, -0.2) is 0 Å². The fourth-order valence-corrected chi connectivity index (χ4v) is 3.60. The summed E-state index contributed by atoms with van der Waals surface area (Å²) in [6.07, 6.45) is 0. The molecule has 20 heavy (non-hydrogen) atoms. The van der Waals surface area contributed by atoms with Crippen molar-refractivity contribution in [3.05, 3.63) is 0 Å². The molecule has 4 heteroatoms. The fraction of sp³-hybridized carbons (Fsp3) is 1.00. The molecular formula is C16H36B2N2. The van der Waals surface area contributed by atoms with Gasteiger partial charge in [-0.15, -0.1) is 0 Å². The minimum atomic E-state index is 0.192. The maximum atomic E-state index is 2.73. The second kappa shape index (κ2) is 4.78. The molecule has 2 nitrogen and oxygen atoms in total. The monoisotopic (exact) mass is 278 g/mol. The molecule has 0 aromatic carbocycles. The van der Waals surface area contributed by atoms with Gasteiger partial charge >= 0.3 is 0 Å². The van der Waals surface area contributed by atoms with Crippen LogP contribution >= 0.6 is 0 Å². The van der Waals surface area contributed by atoms with Crippen molar-refractivity contribution >= 4 is 14.0 Å². The minimum absolute atomic E-state index is 0.192. The largest absolute Gasteiger partial charge is 0.352 e. The number of hydrogen-bond donors (Lipinski definition) is 0. The van der Waals surface area contributed by atoms with Crippen LogP contribution in [0.3, 0.4) is 0 Å². The molecular weight excluding hydrogens is 242 g/mol. The van der Waals surface area contributed by atoms with E-state index in [0.29, 0.717) is 14.0 Å². The van der Waals surface area contributed by atoms with E-state index in [1.165, 1.54) is 0 Å².